The predicted molar refractivity (Wildman–Crippen MR) is 49.6 cm³/mol. The first-order chi connectivity index (χ1) is 5.74. The highest BCUT2D eigenvalue weighted by atomic mass is 35.5. The Morgan fingerprint density at radius 1 is 1.33 bits per heavy atom. The van der Waals surface area contributed by atoms with Crippen LogP contribution in [0.25, 0.3) is 0 Å². The minimum atomic E-state index is -0.312. The van der Waals surface area contributed by atoms with Gasteiger partial charge < -0.3 is 9.80 Å². The Morgan fingerprint density at radius 3 is 2.67 bits per heavy atom. The van der Waals surface area contributed by atoms with Gasteiger partial charge in [0.2, 0.25) is 0 Å². The summed E-state index contributed by atoms with van der Waals surface area (Å²) >= 11 is 5.39. The lowest BCUT2D eigenvalue weighted by Gasteiger charge is -2.18. The third kappa shape index (κ3) is 2.64. The molecule has 1 amide bonds. The summed E-state index contributed by atoms with van der Waals surface area (Å²) in [5, 5.41) is -0.312. The van der Waals surface area contributed by atoms with Crippen LogP contribution in [0.3, 0.4) is 0 Å². The summed E-state index contributed by atoms with van der Waals surface area (Å²) in [6.07, 6.45) is 1.03. The van der Waals surface area contributed by atoms with E-state index in [1.807, 2.05) is 0 Å². The lowest BCUT2D eigenvalue weighted by Crippen LogP contribution is -2.31. The molecule has 0 aromatic rings. The van der Waals surface area contributed by atoms with Crippen molar-refractivity contribution in [3.8, 4) is 0 Å². The van der Waals surface area contributed by atoms with Crippen molar-refractivity contribution in [2.24, 2.45) is 0 Å². The molecule has 1 heterocycles. The Balaban J connectivity index is 2.39. The Morgan fingerprint density at radius 2 is 2.08 bits per heavy atom. The van der Waals surface area contributed by atoms with E-state index in [1.165, 1.54) is 0 Å². The molecule has 1 rings (SSSR count). The normalized spacial score (nSPS) is 20.7. The van der Waals surface area contributed by atoms with Crippen LogP contribution >= 0.6 is 11.6 Å². The van der Waals surface area contributed by atoms with E-state index in [4.69, 9.17) is 11.6 Å². The SMILES string of the molecule is CCN1CCCN(C(=O)Cl)CC1. The van der Waals surface area contributed by atoms with E-state index in [1.54, 1.807) is 4.90 Å². The molecule has 12 heavy (non-hydrogen) atoms. The van der Waals surface area contributed by atoms with Gasteiger partial charge in [-0.25, -0.2) is 0 Å². The first-order valence-electron chi connectivity index (χ1n) is 4.40. The molecule has 1 fully saturated rings. The molecule has 0 spiro atoms. The van der Waals surface area contributed by atoms with Crippen LogP contribution in [0.5, 0.6) is 0 Å². The van der Waals surface area contributed by atoms with Crippen molar-refractivity contribution >= 4 is 17.0 Å². The fourth-order valence-corrected chi connectivity index (χ4v) is 1.63. The summed E-state index contributed by atoms with van der Waals surface area (Å²) in [5.41, 5.74) is 0. The van der Waals surface area contributed by atoms with Gasteiger partial charge in [-0.1, -0.05) is 6.92 Å². The molecule has 0 bridgehead atoms. The molecular weight excluding hydrogens is 176 g/mol. The third-order valence-corrected chi connectivity index (χ3v) is 2.52. The molecule has 3 nitrogen and oxygen atoms in total. The Labute approximate surface area is 78.3 Å². The molecule has 1 aliphatic heterocycles. The fourth-order valence-electron chi connectivity index (χ4n) is 1.46. The quantitative estimate of drug-likeness (QED) is 0.461. The molecule has 0 unspecified atom stereocenters. The largest absolute Gasteiger partial charge is 0.328 e. The zero-order valence-electron chi connectivity index (χ0n) is 7.42. The topological polar surface area (TPSA) is 23.6 Å². The predicted octanol–water partition coefficient (Wildman–Crippen LogP) is 1.37. The zero-order valence-corrected chi connectivity index (χ0v) is 8.18. The summed E-state index contributed by atoms with van der Waals surface area (Å²) in [7, 11) is 0. The summed E-state index contributed by atoms with van der Waals surface area (Å²) in [4.78, 5) is 14.9. The Bertz CT molecular complexity index is 163. The van der Waals surface area contributed by atoms with Crippen molar-refractivity contribution in [2.45, 2.75) is 13.3 Å². The molecule has 0 saturated carbocycles. The number of hydrogen-bond acceptors (Lipinski definition) is 2. The van der Waals surface area contributed by atoms with E-state index in [2.05, 4.69) is 11.8 Å². The number of hydrogen-bond donors (Lipinski definition) is 0. The van der Waals surface area contributed by atoms with Crippen LogP contribution in [0.2, 0.25) is 0 Å². The number of amides is 1. The number of likely N-dealkylation sites (N-methyl/N-ethyl adjacent to an activating group) is 1. The van der Waals surface area contributed by atoms with Gasteiger partial charge in [0.05, 0.1) is 0 Å². The molecule has 1 aliphatic rings. The van der Waals surface area contributed by atoms with Crippen LogP contribution in [-0.4, -0.2) is 47.9 Å². The maximum absolute atomic E-state index is 10.8. The van der Waals surface area contributed by atoms with Gasteiger partial charge in [-0.05, 0) is 31.1 Å². The smallest absolute Gasteiger partial charge is 0.316 e. The number of nitrogens with zero attached hydrogens (tertiary/aromatic N) is 2. The molecule has 1 saturated heterocycles. The lowest BCUT2D eigenvalue weighted by molar-refractivity contribution is 0.222. The van der Waals surface area contributed by atoms with Crippen molar-refractivity contribution in [1.29, 1.82) is 0 Å². The van der Waals surface area contributed by atoms with Crippen molar-refractivity contribution in [3.63, 3.8) is 0 Å². The standard InChI is InChI=1S/C8H15ClN2O/c1-2-10-4-3-5-11(7-6-10)8(9)12/h2-7H2,1H3. The monoisotopic (exact) mass is 190 g/mol. The number of halogens is 1. The Kier molecular flexibility index (Phi) is 3.82. The van der Waals surface area contributed by atoms with Crippen LogP contribution < -0.4 is 0 Å². The summed E-state index contributed by atoms with van der Waals surface area (Å²) in [5.74, 6) is 0. The minimum Gasteiger partial charge on any atom is -0.328 e. The van der Waals surface area contributed by atoms with Gasteiger partial charge in [-0.2, -0.15) is 0 Å². The van der Waals surface area contributed by atoms with Gasteiger partial charge in [0.25, 0.3) is 0 Å². The lowest BCUT2D eigenvalue weighted by atomic mass is 10.4. The molecular formula is C8H15ClN2O. The molecule has 0 aliphatic carbocycles. The highest BCUT2D eigenvalue weighted by Gasteiger charge is 2.15. The molecule has 0 radical (unpaired) electrons. The van der Waals surface area contributed by atoms with Crippen molar-refractivity contribution < 1.29 is 4.79 Å². The van der Waals surface area contributed by atoms with Gasteiger partial charge in [-0.3, -0.25) is 4.79 Å². The van der Waals surface area contributed by atoms with E-state index >= 15 is 0 Å². The fraction of sp³-hybridized carbons (Fsp3) is 0.875. The second kappa shape index (κ2) is 4.67. The molecule has 0 N–H and O–H groups in total. The summed E-state index contributed by atoms with van der Waals surface area (Å²) in [6.45, 7) is 6.81. The molecule has 4 heteroatoms. The zero-order chi connectivity index (χ0) is 8.97. The average molecular weight is 191 g/mol. The maximum Gasteiger partial charge on any atom is 0.316 e. The van der Waals surface area contributed by atoms with Crippen LogP contribution in [0.4, 0.5) is 4.79 Å². The van der Waals surface area contributed by atoms with E-state index in [0.717, 1.165) is 39.1 Å². The minimum absolute atomic E-state index is 0.312. The first kappa shape index (κ1) is 9.81. The molecule has 0 aromatic carbocycles. The summed E-state index contributed by atoms with van der Waals surface area (Å²) < 4.78 is 0. The van der Waals surface area contributed by atoms with Crippen molar-refractivity contribution in [3.05, 3.63) is 0 Å². The molecule has 0 atom stereocenters. The Hall–Kier alpha value is -0.280. The maximum atomic E-state index is 10.8. The second-order valence-corrected chi connectivity index (χ2v) is 3.35. The summed E-state index contributed by atoms with van der Waals surface area (Å²) in [6, 6.07) is 0. The van der Waals surface area contributed by atoms with Crippen molar-refractivity contribution in [2.75, 3.05) is 32.7 Å². The van der Waals surface area contributed by atoms with Gasteiger partial charge in [-0.15, -0.1) is 0 Å². The van der Waals surface area contributed by atoms with Crippen molar-refractivity contribution in [1.82, 2.24) is 9.80 Å². The van der Waals surface area contributed by atoms with Crippen LogP contribution in [-0.2, 0) is 0 Å². The van der Waals surface area contributed by atoms with E-state index in [9.17, 15) is 4.79 Å². The van der Waals surface area contributed by atoms with E-state index in [-0.39, 0.29) is 5.37 Å². The van der Waals surface area contributed by atoms with E-state index < -0.39 is 0 Å². The third-order valence-electron chi connectivity index (χ3n) is 2.28. The number of carbonyl (C=O) groups excluding carboxylic acids is 1. The highest BCUT2D eigenvalue weighted by Crippen LogP contribution is 2.04. The average Bonchev–Trinajstić information content (AvgIpc) is 2.28. The number of carbonyl (C=O) groups is 1. The van der Waals surface area contributed by atoms with Crippen LogP contribution in [0, 0.1) is 0 Å². The van der Waals surface area contributed by atoms with Crippen LogP contribution in [0.15, 0.2) is 0 Å². The van der Waals surface area contributed by atoms with E-state index in [0.29, 0.717) is 0 Å². The van der Waals surface area contributed by atoms with Gasteiger partial charge in [0.1, 0.15) is 0 Å². The second-order valence-electron chi connectivity index (χ2n) is 3.03. The van der Waals surface area contributed by atoms with Gasteiger partial charge in [0, 0.05) is 19.6 Å². The first-order valence-corrected chi connectivity index (χ1v) is 4.78. The van der Waals surface area contributed by atoms with Gasteiger partial charge >= 0.3 is 5.37 Å². The van der Waals surface area contributed by atoms with Gasteiger partial charge in [0.15, 0.2) is 0 Å². The highest BCUT2D eigenvalue weighted by molar-refractivity contribution is 6.62. The molecule has 70 valence electrons. The van der Waals surface area contributed by atoms with Crippen LogP contribution in [0.1, 0.15) is 13.3 Å². The molecule has 0 aromatic heterocycles. The number of rotatable bonds is 1.